The minimum absolute atomic E-state index is 0.0246. The predicted molar refractivity (Wildman–Crippen MR) is 146 cm³/mol. The number of nitrogens with zero attached hydrogens (tertiary/aromatic N) is 3. The highest BCUT2D eigenvalue weighted by molar-refractivity contribution is 7.88. The number of hydrogen-bond acceptors (Lipinski definition) is 5. The summed E-state index contributed by atoms with van der Waals surface area (Å²) >= 11 is 6.17. The lowest BCUT2D eigenvalue weighted by Gasteiger charge is -2.25. The number of nitrogens with two attached hydrogens (primary N) is 1. The van der Waals surface area contributed by atoms with Crippen LogP contribution in [0, 0.1) is 5.92 Å². The van der Waals surface area contributed by atoms with Gasteiger partial charge in [-0.3, -0.25) is 9.69 Å². The Kier molecular flexibility index (Phi) is 6.83. The Labute approximate surface area is 222 Å². The van der Waals surface area contributed by atoms with E-state index in [0.29, 0.717) is 31.1 Å². The molecule has 9 heteroatoms. The van der Waals surface area contributed by atoms with Gasteiger partial charge in [-0.15, -0.1) is 0 Å². The summed E-state index contributed by atoms with van der Waals surface area (Å²) in [4.78, 5) is 19.7. The van der Waals surface area contributed by atoms with Crippen molar-refractivity contribution in [2.75, 3.05) is 19.6 Å². The van der Waals surface area contributed by atoms with Gasteiger partial charge in [0.05, 0.1) is 5.75 Å². The first-order valence-electron chi connectivity index (χ1n) is 12.2. The average molecular weight is 537 g/mol. The van der Waals surface area contributed by atoms with Gasteiger partial charge in [0, 0.05) is 24.7 Å². The number of rotatable bonds is 7. The van der Waals surface area contributed by atoms with Crippen LogP contribution in [0.5, 0.6) is 0 Å². The Morgan fingerprint density at radius 3 is 2.46 bits per heavy atom. The number of halogens is 1. The van der Waals surface area contributed by atoms with E-state index in [0.717, 1.165) is 22.3 Å². The molecule has 1 saturated heterocycles. The number of carbonyl (C=O) groups excluding carboxylic acids is 1. The Hall–Kier alpha value is -3.20. The zero-order chi connectivity index (χ0) is 26.2. The molecule has 2 atom stereocenters. The number of benzene rings is 3. The molecule has 2 N–H and O–H groups in total. The highest BCUT2D eigenvalue weighted by atomic mass is 35.5. The molecule has 2 heterocycles. The standard InChI is InChI=1S/C28H29ClN4O3S/c1-28(24-11-5-9-22(15-24)23-10-6-12-25(29)16-23)26(34)33(27(30)31-28)18-21-13-14-32(17-21)37(35,36)19-20-7-3-2-4-8-20/h2-12,15-16,21H,13-14,17-19H2,1H3,(H2,30,31)/t21-,28?/m0/s1. The van der Waals surface area contributed by atoms with Crippen LogP contribution >= 0.6 is 11.6 Å². The van der Waals surface area contributed by atoms with Crippen LogP contribution in [0.4, 0.5) is 0 Å². The maximum Gasteiger partial charge on any atom is 0.261 e. The summed E-state index contributed by atoms with van der Waals surface area (Å²) in [6, 6.07) is 24.4. The number of hydrogen-bond donors (Lipinski definition) is 1. The SMILES string of the molecule is CC1(c2cccc(-c3cccc(Cl)c3)c2)N=C(N)N(C[C@H]2CCN(S(=O)(=O)Cc3ccccc3)C2)C1=O. The molecule has 0 spiro atoms. The molecule has 3 aromatic carbocycles. The Balaban J connectivity index is 1.29. The van der Waals surface area contributed by atoms with Crippen molar-refractivity contribution < 1.29 is 13.2 Å². The molecule has 0 bridgehead atoms. The lowest BCUT2D eigenvalue weighted by atomic mass is 9.89. The van der Waals surface area contributed by atoms with Crippen molar-refractivity contribution in [3.05, 3.63) is 95.0 Å². The second-order valence-corrected chi connectivity index (χ2v) is 12.2. The first kappa shape index (κ1) is 25.4. The fraction of sp³-hybridized carbons (Fsp3) is 0.286. The zero-order valence-corrected chi connectivity index (χ0v) is 22.1. The summed E-state index contributed by atoms with van der Waals surface area (Å²) in [5.74, 6) is -0.109. The van der Waals surface area contributed by atoms with Gasteiger partial charge in [0.25, 0.3) is 5.91 Å². The summed E-state index contributed by atoms with van der Waals surface area (Å²) in [5.41, 5.74) is 8.47. The van der Waals surface area contributed by atoms with E-state index in [2.05, 4.69) is 4.99 Å². The molecule has 3 aromatic rings. The van der Waals surface area contributed by atoms with E-state index < -0.39 is 15.6 Å². The van der Waals surface area contributed by atoms with Crippen molar-refractivity contribution in [1.29, 1.82) is 0 Å². The average Bonchev–Trinajstić information content (AvgIpc) is 3.44. The second-order valence-electron chi connectivity index (χ2n) is 9.80. The minimum atomic E-state index is -3.45. The summed E-state index contributed by atoms with van der Waals surface area (Å²) < 4.78 is 27.4. The van der Waals surface area contributed by atoms with Crippen LogP contribution < -0.4 is 5.73 Å². The van der Waals surface area contributed by atoms with Crippen molar-refractivity contribution in [3.8, 4) is 11.1 Å². The summed E-state index contributed by atoms with van der Waals surface area (Å²) in [6.07, 6.45) is 0.659. The largest absolute Gasteiger partial charge is 0.369 e. The van der Waals surface area contributed by atoms with Gasteiger partial charge in [-0.25, -0.2) is 17.7 Å². The maximum absolute atomic E-state index is 13.6. The maximum atomic E-state index is 13.6. The van der Waals surface area contributed by atoms with Crippen molar-refractivity contribution in [1.82, 2.24) is 9.21 Å². The number of carbonyl (C=O) groups is 1. The topological polar surface area (TPSA) is 96.1 Å². The van der Waals surface area contributed by atoms with Crippen molar-refractivity contribution >= 4 is 33.5 Å². The Morgan fingerprint density at radius 2 is 1.73 bits per heavy atom. The molecular formula is C28H29ClN4O3S. The molecule has 1 unspecified atom stereocenters. The van der Waals surface area contributed by atoms with E-state index in [4.69, 9.17) is 17.3 Å². The number of amides is 1. The lowest BCUT2D eigenvalue weighted by molar-refractivity contribution is -0.131. The first-order valence-corrected chi connectivity index (χ1v) is 14.2. The van der Waals surface area contributed by atoms with Crippen LogP contribution in [0.2, 0.25) is 5.02 Å². The molecule has 1 fully saturated rings. The molecule has 1 amide bonds. The molecule has 0 radical (unpaired) electrons. The lowest BCUT2D eigenvalue weighted by Crippen LogP contribution is -2.44. The van der Waals surface area contributed by atoms with Crippen LogP contribution in [-0.4, -0.2) is 49.1 Å². The molecule has 37 heavy (non-hydrogen) atoms. The second kappa shape index (κ2) is 9.93. The number of aliphatic imine (C=N–C) groups is 1. The van der Waals surface area contributed by atoms with Crippen molar-refractivity contribution in [2.45, 2.75) is 24.6 Å². The van der Waals surface area contributed by atoms with E-state index in [9.17, 15) is 13.2 Å². The summed E-state index contributed by atoms with van der Waals surface area (Å²) in [7, 11) is -3.45. The van der Waals surface area contributed by atoms with E-state index >= 15 is 0 Å². The van der Waals surface area contributed by atoms with Gasteiger partial charge < -0.3 is 5.73 Å². The predicted octanol–water partition coefficient (Wildman–Crippen LogP) is 4.23. The third-order valence-corrected chi connectivity index (χ3v) is 9.19. The molecule has 0 aliphatic carbocycles. The minimum Gasteiger partial charge on any atom is -0.369 e. The van der Waals surface area contributed by atoms with E-state index in [1.54, 1.807) is 6.92 Å². The fourth-order valence-electron chi connectivity index (χ4n) is 5.07. The molecule has 7 nitrogen and oxygen atoms in total. The summed E-state index contributed by atoms with van der Waals surface area (Å²) in [5, 5.41) is 0.635. The van der Waals surface area contributed by atoms with Crippen LogP contribution in [0.25, 0.3) is 11.1 Å². The molecule has 2 aliphatic rings. The van der Waals surface area contributed by atoms with Gasteiger partial charge in [-0.05, 0) is 59.7 Å². The van der Waals surface area contributed by atoms with Crippen molar-refractivity contribution in [2.24, 2.45) is 16.6 Å². The first-order chi connectivity index (χ1) is 17.7. The van der Waals surface area contributed by atoms with Gasteiger partial charge in [0.1, 0.15) is 0 Å². The van der Waals surface area contributed by atoms with Crippen LogP contribution in [0.1, 0.15) is 24.5 Å². The fourth-order valence-corrected chi connectivity index (χ4v) is 6.88. The third kappa shape index (κ3) is 5.14. The van der Waals surface area contributed by atoms with Gasteiger partial charge in [0.15, 0.2) is 11.5 Å². The van der Waals surface area contributed by atoms with Gasteiger partial charge >= 0.3 is 0 Å². The number of guanidine groups is 1. The quantitative estimate of drug-likeness (QED) is 0.488. The molecule has 0 saturated carbocycles. The van der Waals surface area contributed by atoms with Gasteiger partial charge in [-0.1, -0.05) is 72.3 Å². The monoisotopic (exact) mass is 536 g/mol. The van der Waals surface area contributed by atoms with E-state index in [1.807, 2.05) is 78.9 Å². The Bertz CT molecular complexity index is 1460. The van der Waals surface area contributed by atoms with Crippen LogP contribution in [0.3, 0.4) is 0 Å². The number of sulfonamides is 1. The molecule has 192 valence electrons. The Morgan fingerprint density at radius 1 is 1.03 bits per heavy atom. The molecule has 2 aliphatic heterocycles. The normalized spacial score (nSPS) is 22.4. The zero-order valence-electron chi connectivity index (χ0n) is 20.5. The third-order valence-electron chi connectivity index (χ3n) is 7.13. The van der Waals surface area contributed by atoms with E-state index in [-0.39, 0.29) is 23.5 Å². The van der Waals surface area contributed by atoms with Gasteiger partial charge in [-0.2, -0.15) is 0 Å². The molecule has 5 rings (SSSR count). The highest BCUT2D eigenvalue weighted by Crippen LogP contribution is 2.36. The van der Waals surface area contributed by atoms with Crippen molar-refractivity contribution in [3.63, 3.8) is 0 Å². The van der Waals surface area contributed by atoms with Crippen LogP contribution in [-0.2, 0) is 26.1 Å². The molecular weight excluding hydrogens is 508 g/mol. The molecule has 0 aromatic heterocycles. The van der Waals surface area contributed by atoms with E-state index in [1.165, 1.54) is 9.21 Å². The van der Waals surface area contributed by atoms with Crippen LogP contribution in [0.15, 0.2) is 83.9 Å². The smallest absolute Gasteiger partial charge is 0.261 e. The van der Waals surface area contributed by atoms with Gasteiger partial charge in [0.2, 0.25) is 10.0 Å². The summed E-state index contributed by atoms with van der Waals surface area (Å²) in [6.45, 7) is 2.88. The highest BCUT2D eigenvalue weighted by Gasteiger charge is 2.46.